The summed E-state index contributed by atoms with van der Waals surface area (Å²) in [5, 5.41) is 14.2. The van der Waals surface area contributed by atoms with E-state index in [1.807, 2.05) is 36.4 Å². The lowest BCUT2D eigenvalue weighted by atomic mass is 9.89. The smallest absolute Gasteiger partial charge is 0.136 e. The van der Waals surface area contributed by atoms with Crippen molar-refractivity contribution in [2.45, 2.75) is 43.9 Å². The summed E-state index contributed by atoms with van der Waals surface area (Å²) in [6.45, 7) is 4.14. The van der Waals surface area contributed by atoms with Crippen molar-refractivity contribution >= 4 is 35.2 Å². The lowest BCUT2D eigenvalue weighted by molar-refractivity contribution is 0.0835. The van der Waals surface area contributed by atoms with Gasteiger partial charge in [0, 0.05) is 23.6 Å². The van der Waals surface area contributed by atoms with Crippen molar-refractivity contribution in [2.24, 2.45) is 0 Å². The average molecular weight is 427 g/mol. The maximum atomic E-state index is 9.43. The minimum atomic E-state index is -0.186. The standard InChI is InChI=1S/C22H23ClN4OS/c1-13-5-3-6-14(2)21(13)22-17(23)9-10-19(26-22)27-29-20-8-4-7-18(25-20)24-15-11-16(28)12-15/h3-10,15-16,28H,11-12H2,1-2H3,(H,24,25)(H,26,27). The van der Waals surface area contributed by atoms with E-state index in [4.69, 9.17) is 16.6 Å². The van der Waals surface area contributed by atoms with E-state index >= 15 is 0 Å². The fourth-order valence-corrected chi connectivity index (χ4v) is 4.25. The molecule has 1 aromatic carbocycles. The largest absolute Gasteiger partial charge is 0.393 e. The van der Waals surface area contributed by atoms with Gasteiger partial charge in [-0.05, 0) is 62.1 Å². The molecule has 2 heterocycles. The molecule has 4 rings (SSSR count). The Kier molecular flexibility index (Phi) is 5.94. The Morgan fingerprint density at radius 1 is 0.966 bits per heavy atom. The van der Waals surface area contributed by atoms with E-state index in [1.54, 1.807) is 0 Å². The summed E-state index contributed by atoms with van der Waals surface area (Å²) in [6, 6.07) is 16.1. The molecule has 1 aliphatic carbocycles. The molecule has 0 atom stereocenters. The maximum Gasteiger partial charge on any atom is 0.136 e. The van der Waals surface area contributed by atoms with E-state index in [0.717, 1.165) is 51.9 Å². The predicted molar refractivity (Wildman–Crippen MR) is 121 cm³/mol. The molecule has 0 spiro atoms. The summed E-state index contributed by atoms with van der Waals surface area (Å²) in [4.78, 5) is 9.36. The second kappa shape index (κ2) is 8.61. The van der Waals surface area contributed by atoms with E-state index in [-0.39, 0.29) is 6.10 Å². The molecule has 2 aromatic heterocycles. The third-order valence-corrected chi connectivity index (χ3v) is 6.07. The van der Waals surface area contributed by atoms with Crippen LogP contribution in [-0.4, -0.2) is 27.2 Å². The van der Waals surface area contributed by atoms with Crippen LogP contribution in [0.2, 0.25) is 5.02 Å². The Labute approximate surface area is 180 Å². The number of anilines is 2. The SMILES string of the molecule is Cc1cccc(C)c1-c1nc(NSc2cccc(NC3CC(O)C3)n2)ccc1Cl. The Morgan fingerprint density at radius 3 is 2.41 bits per heavy atom. The summed E-state index contributed by atoms with van der Waals surface area (Å²) < 4.78 is 3.27. The number of aliphatic hydroxyl groups excluding tert-OH is 1. The van der Waals surface area contributed by atoms with Crippen molar-refractivity contribution in [3.63, 3.8) is 0 Å². The lowest BCUT2D eigenvalue weighted by Crippen LogP contribution is -2.39. The van der Waals surface area contributed by atoms with E-state index < -0.39 is 0 Å². The molecule has 1 aliphatic rings. The van der Waals surface area contributed by atoms with Crippen LogP contribution >= 0.6 is 23.5 Å². The maximum absolute atomic E-state index is 9.43. The first-order valence-electron chi connectivity index (χ1n) is 9.57. The van der Waals surface area contributed by atoms with Gasteiger partial charge in [-0.15, -0.1) is 0 Å². The summed E-state index contributed by atoms with van der Waals surface area (Å²) >= 11 is 7.86. The molecule has 1 saturated carbocycles. The highest BCUT2D eigenvalue weighted by atomic mass is 35.5. The fraction of sp³-hybridized carbons (Fsp3) is 0.273. The van der Waals surface area contributed by atoms with Crippen LogP contribution in [0, 0.1) is 13.8 Å². The molecule has 1 fully saturated rings. The van der Waals surface area contributed by atoms with Gasteiger partial charge in [0.1, 0.15) is 16.7 Å². The number of hydrogen-bond acceptors (Lipinski definition) is 6. The van der Waals surface area contributed by atoms with E-state index in [1.165, 1.54) is 11.9 Å². The van der Waals surface area contributed by atoms with Crippen LogP contribution in [0.3, 0.4) is 0 Å². The summed E-state index contributed by atoms with van der Waals surface area (Å²) in [5.74, 6) is 1.54. The van der Waals surface area contributed by atoms with Gasteiger partial charge < -0.3 is 15.1 Å². The molecule has 0 aliphatic heterocycles. The number of halogens is 1. The second-order valence-electron chi connectivity index (χ2n) is 7.33. The van der Waals surface area contributed by atoms with Crippen LogP contribution < -0.4 is 10.0 Å². The molecule has 0 amide bonds. The summed E-state index contributed by atoms with van der Waals surface area (Å²) in [5.41, 5.74) is 4.13. The van der Waals surface area contributed by atoms with Gasteiger partial charge in [-0.3, -0.25) is 0 Å². The van der Waals surface area contributed by atoms with Crippen LogP contribution in [0.5, 0.6) is 0 Å². The minimum absolute atomic E-state index is 0.186. The Balaban J connectivity index is 1.48. The molecular formula is C22H23ClN4OS. The molecule has 7 heteroatoms. The second-order valence-corrected chi connectivity index (χ2v) is 8.56. The van der Waals surface area contributed by atoms with Crippen molar-refractivity contribution in [2.75, 3.05) is 10.0 Å². The molecule has 3 N–H and O–H groups in total. The van der Waals surface area contributed by atoms with E-state index in [0.29, 0.717) is 11.1 Å². The molecule has 0 radical (unpaired) electrons. The number of nitrogens with zero attached hydrogens (tertiary/aromatic N) is 2. The van der Waals surface area contributed by atoms with Crippen molar-refractivity contribution in [1.29, 1.82) is 0 Å². The summed E-state index contributed by atoms with van der Waals surface area (Å²) in [7, 11) is 0. The number of hydrogen-bond donors (Lipinski definition) is 3. The monoisotopic (exact) mass is 426 g/mol. The average Bonchev–Trinajstić information content (AvgIpc) is 2.67. The zero-order valence-corrected chi connectivity index (χ0v) is 17.9. The van der Waals surface area contributed by atoms with Crippen LogP contribution in [-0.2, 0) is 0 Å². The van der Waals surface area contributed by atoms with E-state index in [9.17, 15) is 5.11 Å². The molecule has 5 nitrogen and oxygen atoms in total. The molecule has 150 valence electrons. The molecule has 0 bridgehead atoms. The summed E-state index contributed by atoms with van der Waals surface area (Å²) in [6.07, 6.45) is 1.36. The Bertz CT molecular complexity index is 1000. The molecule has 3 aromatic rings. The number of nitrogens with one attached hydrogen (secondary N) is 2. The van der Waals surface area contributed by atoms with Crippen LogP contribution in [0.25, 0.3) is 11.3 Å². The third kappa shape index (κ3) is 4.66. The predicted octanol–water partition coefficient (Wildman–Crippen LogP) is 5.47. The van der Waals surface area contributed by atoms with Crippen LogP contribution in [0.1, 0.15) is 24.0 Å². The Morgan fingerprint density at radius 2 is 1.69 bits per heavy atom. The van der Waals surface area contributed by atoms with Crippen LogP contribution in [0.4, 0.5) is 11.6 Å². The van der Waals surface area contributed by atoms with Gasteiger partial charge >= 0.3 is 0 Å². The van der Waals surface area contributed by atoms with Crippen molar-refractivity contribution in [3.05, 3.63) is 64.7 Å². The van der Waals surface area contributed by atoms with Gasteiger partial charge in [0.15, 0.2) is 0 Å². The Hall–Kier alpha value is -2.28. The van der Waals surface area contributed by atoms with E-state index in [2.05, 4.69) is 41.0 Å². The highest BCUT2D eigenvalue weighted by molar-refractivity contribution is 8.00. The first-order valence-corrected chi connectivity index (χ1v) is 10.8. The van der Waals surface area contributed by atoms with Gasteiger partial charge in [-0.2, -0.15) is 0 Å². The van der Waals surface area contributed by atoms with Crippen LogP contribution in [0.15, 0.2) is 53.6 Å². The third-order valence-electron chi connectivity index (χ3n) is 5.01. The molecule has 29 heavy (non-hydrogen) atoms. The number of aryl methyl sites for hydroxylation is 2. The first kappa shape index (κ1) is 20.0. The normalized spacial score (nSPS) is 18.2. The molecule has 0 unspecified atom stereocenters. The van der Waals surface area contributed by atoms with Gasteiger partial charge in [0.2, 0.25) is 0 Å². The van der Waals surface area contributed by atoms with Gasteiger partial charge in [-0.1, -0.05) is 35.9 Å². The number of pyridine rings is 2. The number of aromatic nitrogens is 2. The first-order chi connectivity index (χ1) is 14.0. The van der Waals surface area contributed by atoms with Gasteiger partial charge in [-0.25, -0.2) is 9.97 Å². The topological polar surface area (TPSA) is 70.1 Å². The molecule has 0 saturated heterocycles. The lowest BCUT2D eigenvalue weighted by Gasteiger charge is -2.32. The number of rotatable bonds is 6. The fourth-order valence-electron chi connectivity index (χ4n) is 3.43. The van der Waals surface area contributed by atoms with Gasteiger partial charge in [0.25, 0.3) is 0 Å². The highest BCUT2D eigenvalue weighted by Crippen LogP contribution is 2.33. The number of aliphatic hydroxyl groups is 1. The quantitative estimate of drug-likeness (QED) is 0.454. The number of benzene rings is 1. The zero-order chi connectivity index (χ0) is 20.4. The minimum Gasteiger partial charge on any atom is -0.393 e. The van der Waals surface area contributed by atoms with Crippen molar-refractivity contribution < 1.29 is 5.11 Å². The van der Waals surface area contributed by atoms with Gasteiger partial charge in [0.05, 0.1) is 16.8 Å². The zero-order valence-electron chi connectivity index (χ0n) is 16.3. The molecular weight excluding hydrogens is 404 g/mol. The van der Waals surface area contributed by atoms with Crippen molar-refractivity contribution in [3.8, 4) is 11.3 Å². The highest BCUT2D eigenvalue weighted by Gasteiger charge is 2.27. The van der Waals surface area contributed by atoms with Crippen molar-refractivity contribution in [1.82, 2.24) is 9.97 Å².